The van der Waals surface area contributed by atoms with Gasteiger partial charge in [0.2, 0.25) is 5.91 Å². The van der Waals surface area contributed by atoms with Crippen molar-refractivity contribution in [1.29, 1.82) is 0 Å². The van der Waals surface area contributed by atoms with Crippen LogP contribution in [0.1, 0.15) is 12.8 Å². The molecule has 1 saturated heterocycles. The first-order valence-corrected chi connectivity index (χ1v) is 8.19. The van der Waals surface area contributed by atoms with Crippen molar-refractivity contribution in [3.8, 4) is 5.75 Å². The molecule has 0 atom stereocenters. The van der Waals surface area contributed by atoms with Crippen molar-refractivity contribution in [2.75, 3.05) is 23.4 Å². The van der Waals surface area contributed by atoms with Gasteiger partial charge in [-0.1, -0.05) is 23.7 Å². The minimum atomic E-state index is -0.553. The van der Waals surface area contributed by atoms with Gasteiger partial charge in [0.1, 0.15) is 11.6 Å². The minimum Gasteiger partial charge on any atom is -0.484 e. The van der Waals surface area contributed by atoms with Crippen molar-refractivity contribution in [3.05, 3.63) is 53.3 Å². The number of nitrogens with one attached hydrogen (secondary N) is 1. The standard InChI is InChI=1S/C18H16ClFN2O3/c19-13-10-12(7-8-14(13)20)25-11-17(23)21-15-4-1-2-5-16(15)22-9-3-6-18(22)24/h1-2,4-5,7-8,10H,3,6,9,11H2,(H,21,23). The normalized spacial score (nSPS) is 13.8. The number of carbonyl (C=O) groups is 2. The van der Waals surface area contributed by atoms with Gasteiger partial charge in [-0.15, -0.1) is 0 Å². The molecule has 0 bridgehead atoms. The zero-order valence-corrected chi connectivity index (χ0v) is 14.1. The number of amides is 2. The second-order valence-corrected chi connectivity index (χ2v) is 5.99. The van der Waals surface area contributed by atoms with Crippen LogP contribution >= 0.6 is 11.6 Å². The maximum Gasteiger partial charge on any atom is 0.262 e. The molecule has 0 aromatic heterocycles. The van der Waals surface area contributed by atoms with E-state index in [0.29, 0.717) is 30.1 Å². The fourth-order valence-electron chi connectivity index (χ4n) is 2.62. The largest absolute Gasteiger partial charge is 0.484 e. The van der Waals surface area contributed by atoms with Crippen LogP contribution in [0.15, 0.2) is 42.5 Å². The summed E-state index contributed by atoms with van der Waals surface area (Å²) in [5.74, 6) is -0.606. The maximum atomic E-state index is 13.1. The van der Waals surface area contributed by atoms with Crippen molar-refractivity contribution in [3.63, 3.8) is 0 Å². The van der Waals surface area contributed by atoms with Gasteiger partial charge < -0.3 is 15.0 Å². The third-order valence-corrected chi connectivity index (χ3v) is 4.09. The van der Waals surface area contributed by atoms with E-state index in [2.05, 4.69) is 5.32 Å². The molecule has 1 heterocycles. The Morgan fingerprint density at radius 2 is 2.08 bits per heavy atom. The van der Waals surface area contributed by atoms with Crippen molar-refractivity contribution in [2.45, 2.75) is 12.8 Å². The average molecular weight is 363 g/mol. The SMILES string of the molecule is O=C(COc1ccc(F)c(Cl)c1)Nc1ccccc1N1CCCC1=O. The van der Waals surface area contributed by atoms with Crippen LogP contribution < -0.4 is 15.0 Å². The van der Waals surface area contributed by atoms with Gasteiger partial charge in [-0.05, 0) is 30.7 Å². The maximum absolute atomic E-state index is 13.1. The summed E-state index contributed by atoms with van der Waals surface area (Å²) in [6.45, 7) is 0.376. The van der Waals surface area contributed by atoms with Gasteiger partial charge >= 0.3 is 0 Å². The Balaban J connectivity index is 1.65. The number of benzene rings is 2. The molecule has 7 heteroatoms. The Morgan fingerprint density at radius 1 is 1.28 bits per heavy atom. The highest BCUT2D eigenvalue weighted by Crippen LogP contribution is 2.29. The smallest absolute Gasteiger partial charge is 0.262 e. The molecule has 2 aromatic carbocycles. The summed E-state index contributed by atoms with van der Waals surface area (Å²) in [5, 5.41) is 2.67. The molecule has 2 amide bonds. The van der Waals surface area contributed by atoms with Crippen LogP contribution in [-0.4, -0.2) is 25.0 Å². The number of ether oxygens (including phenoxy) is 1. The third kappa shape index (κ3) is 4.09. The van der Waals surface area contributed by atoms with Crippen LogP contribution in [0.4, 0.5) is 15.8 Å². The summed E-state index contributed by atoms with van der Waals surface area (Å²) >= 11 is 5.67. The average Bonchev–Trinajstić information content (AvgIpc) is 3.02. The van der Waals surface area contributed by atoms with Gasteiger partial charge in [0.15, 0.2) is 6.61 Å². The first kappa shape index (κ1) is 17.2. The van der Waals surface area contributed by atoms with Gasteiger partial charge in [-0.2, -0.15) is 0 Å². The molecule has 5 nitrogen and oxygen atoms in total. The van der Waals surface area contributed by atoms with Gasteiger partial charge in [0.05, 0.1) is 16.4 Å². The number of nitrogens with zero attached hydrogens (tertiary/aromatic N) is 1. The molecule has 3 rings (SSSR count). The van der Waals surface area contributed by atoms with Crippen molar-refractivity contribution >= 4 is 34.8 Å². The van der Waals surface area contributed by atoms with E-state index >= 15 is 0 Å². The van der Waals surface area contributed by atoms with E-state index in [4.69, 9.17) is 16.3 Å². The molecular formula is C18H16ClFN2O3. The van der Waals surface area contributed by atoms with E-state index in [9.17, 15) is 14.0 Å². The van der Waals surface area contributed by atoms with E-state index in [1.54, 1.807) is 23.1 Å². The molecule has 0 saturated carbocycles. The van der Waals surface area contributed by atoms with Crippen LogP contribution in [0.5, 0.6) is 5.75 Å². The number of rotatable bonds is 5. The Morgan fingerprint density at radius 3 is 2.80 bits per heavy atom. The van der Waals surface area contributed by atoms with Gasteiger partial charge in [0.25, 0.3) is 5.91 Å². The van der Waals surface area contributed by atoms with Crippen LogP contribution in [0.2, 0.25) is 5.02 Å². The quantitative estimate of drug-likeness (QED) is 0.883. The summed E-state index contributed by atoms with van der Waals surface area (Å²) in [6.07, 6.45) is 1.31. The summed E-state index contributed by atoms with van der Waals surface area (Å²) in [4.78, 5) is 25.7. The van der Waals surface area contributed by atoms with Crippen molar-refractivity contribution < 1.29 is 18.7 Å². The lowest BCUT2D eigenvalue weighted by molar-refractivity contribution is -0.118. The Kier molecular flexibility index (Phi) is 5.19. The van der Waals surface area contributed by atoms with Gasteiger partial charge in [-0.25, -0.2) is 4.39 Å². The van der Waals surface area contributed by atoms with Crippen LogP contribution in [0, 0.1) is 5.82 Å². The molecule has 130 valence electrons. The van der Waals surface area contributed by atoms with Gasteiger partial charge in [-0.3, -0.25) is 9.59 Å². The Labute approximate surface area is 149 Å². The van der Waals surface area contributed by atoms with Crippen LogP contribution in [0.3, 0.4) is 0 Å². The number of halogens is 2. The number of hydrogen-bond acceptors (Lipinski definition) is 3. The van der Waals surface area contributed by atoms with E-state index in [1.807, 2.05) is 6.07 Å². The minimum absolute atomic E-state index is 0.0407. The molecule has 1 fully saturated rings. The highest BCUT2D eigenvalue weighted by Gasteiger charge is 2.24. The van der Waals surface area contributed by atoms with E-state index < -0.39 is 5.82 Å². The predicted octanol–water partition coefficient (Wildman–Crippen LogP) is 3.62. The predicted molar refractivity (Wildman–Crippen MR) is 93.6 cm³/mol. The molecule has 1 aliphatic heterocycles. The zero-order valence-electron chi connectivity index (χ0n) is 13.3. The highest BCUT2D eigenvalue weighted by molar-refractivity contribution is 6.30. The molecule has 1 N–H and O–H groups in total. The highest BCUT2D eigenvalue weighted by atomic mass is 35.5. The molecule has 2 aromatic rings. The summed E-state index contributed by atoms with van der Waals surface area (Å²) in [7, 11) is 0. The number of carbonyl (C=O) groups excluding carboxylic acids is 2. The molecule has 25 heavy (non-hydrogen) atoms. The second kappa shape index (κ2) is 7.53. The summed E-state index contributed by atoms with van der Waals surface area (Å²) in [6, 6.07) is 11.0. The lowest BCUT2D eigenvalue weighted by Crippen LogP contribution is -2.26. The monoisotopic (exact) mass is 362 g/mol. The fourth-order valence-corrected chi connectivity index (χ4v) is 2.79. The van der Waals surface area contributed by atoms with Crippen LogP contribution in [-0.2, 0) is 9.59 Å². The van der Waals surface area contributed by atoms with E-state index in [0.717, 1.165) is 6.42 Å². The Bertz CT molecular complexity index is 813. The van der Waals surface area contributed by atoms with Crippen LogP contribution in [0.25, 0.3) is 0 Å². The second-order valence-electron chi connectivity index (χ2n) is 5.58. The first-order valence-electron chi connectivity index (χ1n) is 7.81. The molecule has 0 unspecified atom stereocenters. The fraction of sp³-hybridized carbons (Fsp3) is 0.222. The molecule has 0 aliphatic carbocycles. The van der Waals surface area contributed by atoms with E-state index in [1.165, 1.54) is 18.2 Å². The van der Waals surface area contributed by atoms with Crippen molar-refractivity contribution in [1.82, 2.24) is 0 Å². The molecular weight excluding hydrogens is 347 g/mol. The zero-order chi connectivity index (χ0) is 17.8. The molecule has 0 spiro atoms. The summed E-state index contributed by atoms with van der Waals surface area (Å²) < 4.78 is 18.4. The number of para-hydroxylation sites is 2. The third-order valence-electron chi connectivity index (χ3n) is 3.80. The van der Waals surface area contributed by atoms with Gasteiger partial charge in [0, 0.05) is 19.0 Å². The number of hydrogen-bond donors (Lipinski definition) is 1. The topological polar surface area (TPSA) is 58.6 Å². The Hall–Kier alpha value is -2.60. The first-order chi connectivity index (χ1) is 12.0. The van der Waals surface area contributed by atoms with E-state index in [-0.39, 0.29) is 23.4 Å². The number of anilines is 2. The lowest BCUT2D eigenvalue weighted by Gasteiger charge is -2.20. The summed E-state index contributed by atoms with van der Waals surface area (Å²) in [5.41, 5.74) is 1.21. The van der Waals surface area contributed by atoms with Crippen molar-refractivity contribution in [2.24, 2.45) is 0 Å². The molecule has 0 radical (unpaired) electrons. The molecule has 1 aliphatic rings. The lowest BCUT2D eigenvalue weighted by atomic mass is 10.2.